The van der Waals surface area contributed by atoms with E-state index in [1.54, 1.807) is 18.4 Å². The van der Waals surface area contributed by atoms with Crippen molar-refractivity contribution in [1.29, 1.82) is 0 Å². The van der Waals surface area contributed by atoms with Gasteiger partial charge in [-0.3, -0.25) is 4.79 Å². The van der Waals surface area contributed by atoms with Gasteiger partial charge in [0.1, 0.15) is 11.6 Å². The zero-order valence-electron chi connectivity index (χ0n) is 10.2. The molecule has 1 aromatic heterocycles. The summed E-state index contributed by atoms with van der Waals surface area (Å²) in [6, 6.07) is 6.22. The van der Waals surface area contributed by atoms with Crippen LogP contribution < -0.4 is 10.6 Å². The van der Waals surface area contributed by atoms with Gasteiger partial charge in [0.15, 0.2) is 0 Å². The van der Waals surface area contributed by atoms with Crippen LogP contribution in [0, 0.1) is 5.82 Å². The van der Waals surface area contributed by atoms with Crippen molar-refractivity contribution in [1.82, 2.24) is 0 Å². The molecule has 0 aliphatic heterocycles. The third kappa shape index (κ3) is 3.57. The molecule has 2 aromatic rings. The van der Waals surface area contributed by atoms with Crippen molar-refractivity contribution in [2.24, 2.45) is 0 Å². The molecule has 0 bridgehead atoms. The second-order valence-corrected chi connectivity index (χ2v) is 4.78. The molecule has 0 aliphatic rings. The highest BCUT2D eigenvalue weighted by atomic mass is 79.9. The van der Waals surface area contributed by atoms with Crippen LogP contribution in [-0.2, 0) is 11.3 Å². The molecule has 2 N–H and O–H groups in total. The fourth-order valence-electron chi connectivity index (χ4n) is 1.55. The number of halogens is 2. The SMILES string of the molecule is CC(=O)Nc1cc(NCc2occc2Br)ccc1F. The number of hydrogen-bond acceptors (Lipinski definition) is 3. The van der Waals surface area contributed by atoms with Crippen LogP contribution in [0.25, 0.3) is 0 Å². The molecule has 1 aromatic carbocycles. The standard InChI is InChI=1S/C13H12BrFN2O2/c1-8(18)17-12-6-9(2-3-11(12)15)16-7-13-10(14)4-5-19-13/h2-6,16H,7H2,1H3,(H,17,18). The van der Waals surface area contributed by atoms with E-state index in [-0.39, 0.29) is 11.6 Å². The molecule has 0 aliphatic carbocycles. The largest absolute Gasteiger partial charge is 0.466 e. The first-order valence-corrected chi connectivity index (χ1v) is 6.38. The van der Waals surface area contributed by atoms with Crippen LogP contribution in [-0.4, -0.2) is 5.91 Å². The summed E-state index contributed by atoms with van der Waals surface area (Å²) in [5.74, 6) is -0.0461. The Hall–Kier alpha value is -1.82. The van der Waals surface area contributed by atoms with Crippen molar-refractivity contribution in [3.63, 3.8) is 0 Å². The van der Waals surface area contributed by atoms with Crippen LogP contribution in [0.2, 0.25) is 0 Å². The van der Waals surface area contributed by atoms with Crippen LogP contribution in [0.1, 0.15) is 12.7 Å². The fourth-order valence-corrected chi connectivity index (χ4v) is 1.90. The highest BCUT2D eigenvalue weighted by molar-refractivity contribution is 9.10. The summed E-state index contributed by atoms with van der Waals surface area (Å²) < 4.78 is 19.6. The Bertz CT molecular complexity index is 598. The maximum absolute atomic E-state index is 13.4. The van der Waals surface area contributed by atoms with Gasteiger partial charge >= 0.3 is 0 Å². The highest BCUT2D eigenvalue weighted by Crippen LogP contribution is 2.22. The predicted octanol–water partition coefficient (Wildman–Crippen LogP) is 3.75. The van der Waals surface area contributed by atoms with Gasteiger partial charge in [-0.05, 0) is 40.2 Å². The summed E-state index contributed by atoms with van der Waals surface area (Å²) in [7, 11) is 0. The van der Waals surface area contributed by atoms with Crippen molar-refractivity contribution in [3.05, 3.63) is 46.6 Å². The van der Waals surface area contributed by atoms with E-state index in [4.69, 9.17) is 4.42 Å². The third-order valence-corrected chi connectivity index (χ3v) is 3.13. The smallest absolute Gasteiger partial charge is 0.221 e. The quantitative estimate of drug-likeness (QED) is 0.899. The molecule has 4 nitrogen and oxygen atoms in total. The van der Waals surface area contributed by atoms with Gasteiger partial charge in [0, 0.05) is 12.6 Å². The lowest BCUT2D eigenvalue weighted by Crippen LogP contribution is -2.08. The summed E-state index contributed by atoms with van der Waals surface area (Å²) in [5.41, 5.74) is 0.837. The van der Waals surface area contributed by atoms with Crippen molar-refractivity contribution < 1.29 is 13.6 Å². The minimum absolute atomic E-state index is 0.149. The first-order valence-electron chi connectivity index (χ1n) is 5.59. The van der Waals surface area contributed by atoms with Crippen LogP contribution in [0.3, 0.4) is 0 Å². The van der Waals surface area contributed by atoms with E-state index in [1.807, 2.05) is 0 Å². The maximum atomic E-state index is 13.4. The summed E-state index contributed by atoms with van der Waals surface area (Å²) in [6.07, 6.45) is 1.58. The average Bonchev–Trinajstić information content (AvgIpc) is 2.75. The normalized spacial score (nSPS) is 10.3. The molecule has 0 saturated heterocycles. The molecule has 0 spiro atoms. The number of hydrogen-bond donors (Lipinski definition) is 2. The van der Waals surface area contributed by atoms with Crippen LogP contribution in [0.15, 0.2) is 39.4 Å². The molecule has 100 valence electrons. The van der Waals surface area contributed by atoms with E-state index in [0.717, 1.165) is 10.2 Å². The predicted molar refractivity (Wildman–Crippen MR) is 74.4 cm³/mol. The number of carbonyl (C=O) groups is 1. The maximum Gasteiger partial charge on any atom is 0.221 e. The van der Waals surface area contributed by atoms with Crippen LogP contribution in [0.5, 0.6) is 0 Å². The lowest BCUT2D eigenvalue weighted by Gasteiger charge is -2.09. The Kier molecular flexibility index (Phi) is 4.21. The van der Waals surface area contributed by atoms with Gasteiger partial charge in [0.25, 0.3) is 0 Å². The summed E-state index contributed by atoms with van der Waals surface area (Å²) in [5, 5.41) is 5.52. The number of anilines is 2. The number of benzene rings is 1. The topological polar surface area (TPSA) is 54.3 Å². The summed E-state index contributed by atoms with van der Waals surface area (Å²) in [4.78, 5) is 10.9. The zero-order valence-corrected chi connectivity index (χ0v) is 11.8. The molecule has 6 heteroatoms. The number of carbonyl (C=O) groups excluding carboxylic acids is 1. The minimum Gasteiger partial charge on any atom is -0.466 e. The Labute approximate surface area is 118 Å². The number of furan rings is 1. The van der Waals surface area contributed by atoms with E-state index in [0.29, 0.717) is 12.2 Å². The molecular weight excluding hydrogens is 315 g/mol. The monoisotopic (exact) mass is 326 g/mol. The lowest BCUT2D eigenvalue weighted by molar-refractivity contribution is -0.114. The Balaban J connectivity index is 2.08. The first-order chi connectivity index (χ1) is 9.06. The van der Waals surface area contributed by atoms with Crippen molar-refractivity contribution in [2.45, 2.75) is 13.5 Å². The van der Waals surface area contributed by atoms with Crippen LogP contribution in [0.4, 0.5) is 15.8 Å². The Morgan fingerprint density at radius 2 is 2.21 bits per heavy atom. The van der Waals surface area contributed by atoms with Gasteiger partial charge in [0.2, 0.25) is 5.91 Å². The van der Waals surface area contributed by atoms with E-state index in [1.165, 1.54) is 19.1 Å². The van der Waals surface area contributed by atoms with Gasteiger partial charge in [-0.2, -0.15) is 0 Å². The Morgan fingerprint density at radius 3 is 2.84 bits per heavy atom. The number of rotatable bonds is 4. The summed E-state index contributed by atoms with van der Waals surface area (Å²) >= 11 is 3.35. The molecule has 0 radical (unpaired) electrons. The van der Waals surface area contributed by atoms with Gasteiger partial charge in [-0.1, -0.05) is 0 Å². The summed E-state index contributed by atoms with van der Waals surface area (Å²) in [6.45, 7) is 1.79. The van der Waals surface area contributed by atoms with Crippen molar-refractivity contribution >= 4 is 33.2 Å². The average molecular weight is 327 g/mol. The lowest BCUT2D eigenvalue weighted by atomic mass is 10.2. The highest BCUT2D eigenvalue weighted by Gasteiger charge is 2.07. The molecule has 0 saturated carbocycles. The van der Waals surface area contributed by atoms with Gasteiger partial charge in [0.05, 0.1) is 23.0 Å². The Morgan fingerprint density at radius 1 is 1.42 bits per heavy atom. The van der Waals surface area contributed by atoms with E-state index in [2.05, 4.69) is 26.6 Å². The van der Waals surface area contributed by atoms with Gasteiger partial charge < -0.3 is 15.1 Å². The van der Waals surface area contributed by atoms with Crippen molar-refractivity contribution in [3.8, 4) is 0 Å². The second kappa shape index (κ2) is 5.88. The second-order valence-electron chi connectivity index (χ2n) is 3.92. The van der Waals surface area contributed by atoms with Crippen LogP contribution >= 0.6 is 15.9 Å². The molecule has 0 fully saturated rings. The molecule has 0 atom stereocenters. The van der Waals surface area contributed by atoms with E-state index < -0.39 is 5.82 Å². The van der Waals surface area contributed by atoms with Gasteiger partial charge in [-0.15, -0.1) is 0 Å². The first kappa shape index (κ1) is 13.6. The number of nitrogens with one attached hydrogen (secondary N) is 2. The van der Waals surface area contributed by atoms with Gasteiger partial charge in [-0.25, -0.2) is 4.39 Å². The van der Waals surface area contributed by atoms with E-state index >= 15 is 0 Å². The minimum atomic E-state index is -0.472. The molecule has 19 heavy (non-hydrogen) atoms. The zero-order chi connectivity index (χ0) is 13.8. The molecule has 0 unspecified atom stereocenters. The van der Waals surface area contributed by atoms with E-state index in [9.17, 15) is 9.18 Å². The molecule has 2 rings (SSSR count). The molecular formula is C13H12BrFN2O2. The number of amides is 1. The third-order valence-electron chi connectivity index (χ3n) is 2.42. The molecule has 1 heterocycles. The molecule has 1 amide bonds. The van der Waals surface area contributed by atoms with Crippen molar-refractivity contribution in [2.75, 3.05) is 10.6 Å². The fraction of sp³-hybridized carbons (Fsp3) is 0.154.